The molecule has 2 aromatic rings. The highest BCUT2D eigenvalue weighted by Gasteiger charge is 2.11. The Morgan fingerprint density at radius 2 is 1.86 bits per heavy atom. The van der Waals surface area contributed by atoms with Crippen LogP contribution in [0.3, 0.4) is 0 Å². The van der Waals surface area contributed by atoms with Gasteiger partial charge in [-0.25, -0.2) is 14.8 Å². The molecule has 0 N–H and O–H groups in total. The smallest absolute Gasteiger partial charge is 0.356 e. The lowest BCUT2D eigenvalue weighted by atomic mass is 10.0. The minimum absolute atomic E-state index is 0.168. The van der Waals surface area contributed by atoms with Crippen molar-refractivity contribution < 1.29 is 0 Å². The summed E-state index contributed by atoms with van der Waals surface area (Å²) >= 11 is 0. The highest BCUT2D eigenvalue weighted by Crippen LogP contribution is 2.19. The third-order valence-corrected chi connectivity index (χ3v) is 3.30. The van der Waals surface area contributed by atoms with Gasteiger partial charge in [0.25, 0.3) is 5.95 Å². The summed E-state index contributed by atoms with van der Waals surface area (Å²) in [6.07, 6.45) is 4.76. The molecule has 0 aliphatic heterocycles. The number of aromatic nitrogens is 3. The number of nitrogens with zero attached hydrogens (tertiary/aromatic N) is 5. The van der Waals surface area contributed by atoms with Crippen molar-refractivity contribution in [2.24, 2.45) is 4.99 Å². The summed E-state index contributed by atoms with van der Waals surface area (Å²) in [5.41, 5.74) is 2.74. The standard InChI is InChI=1S/C16H21N5O/c1-5-12-8-7-9-13(6-2)14(12)21-11-18-15(19-16(21)22)17-10-20(3)4/h7-11H,5-6H2,1-4H3. The molecule has 0 aliphatic rings. The van der Waals surface area contributed by atoms with E-state index in [1.165, 1.54) is 10.9 Å². The van der Waals surface area contributed by atoms with Crippen LogP contribution in [0.2, 0.25) is 0 Å². The van der Waals surface area contributed by atoms with Gasteiger partial charge in [0.1, 0.15) is 6.33 Å². The molecule has 0 radical (unpaired) electrons. The van der Waals surface area contributed by atoms with E-state index in [2.05, 4.69) is 28.8 Å². The second-order valence-electron chi connectivity index (χ2n) is 5.15. The molecule has 0 fully saturated rings. The van der Waals surface area contributed by atoms with Crippen molar-refractivity contribution >= 4 is 12.3 Å². The Bertz CT molecular complexity index is 711. The van der Waals surface area contributed by atoms with Crippen LogP contribution in [0.25, 0.3) is 5.69 Å². The van der Waals surface area contributed by atoms with Crippen LogP contribution in [-0.4, -0.2) is 39.9 Å². The Morgan fingerprint density at radius 1 is 1.23 bits per heavy atom. The van der Waals surface area contributed by atoms with E-state index in [1.54, 1.807) is 11.2 Å². The predicted octanol–water partition coefficient (Wildman–Crippen LogP) is 1.97. The van der Waals surface area contributed by atoms with E-state index >= 15 is 0 Å². The zero-order valence-electron chi connectivity index (χ0n) is 13.4. The van der Waals surface area contributed by atoms with Gasteiger partial charge in [-0.05, 0) is 24.0 Å². The topological polar surface area (TPSA) is 63.4 Å². The van der Waals surface area contributed by atoms with Gasteiger partial charge < -0.3 is 4.90 Å². The van der Waals surface area contributed by atoms with Crippen LogP contribution in [0.15, 0.2) is 34.3 Å². The number of aliphatic imine (C=N–C) groups is 1. The average Bonchev–Trinajstić information content (AvgIpc) is 2.52. The molecule has 22 heavy (non-hydrogen) atoms. The molecule has 2 rings (SSSR count). The van der Waals surface area contributed by atoms with E-state index < -0.39 is 0 Å². The van der Waals surface area contributed by atoms with E-state index in [-0.39, 0.29) is 11.6 Å². The molecule has 6 heteroatoms. The Hall–Kier alpha value is -2.50. The minimum Gasteiger partial charge on any atom is -0.369 e. The molecular formula is C16H21N5O. The highest BCUT2D eigenvalue weighted by atomic mass is 16.1. The summed E-state index contributed by atoms with van der Waals surface area (Å²) in [5, 5.41) is 0. The lowest BCUT2D eigenvalue weighted by Crippen LogP contribution is -2.23. The average molecular weight is 299 g/mol. The van der Waals surface area contributed by atoms with Crippen LogP contribution in [-0.2, 0) is 12.8 Å². The van der Waals surface area contributed by atoms with Crippen LogP contribution < -0.4 is 5.69 Å². The first-order valence-corrected chi connectivity index (χ1v) is 7.34. The monoisotopic (exact) mass is 299 g/mol. The van der Waals surface area contributed by atoms with Crippen molar-refractivity contribution in [1.82, 2.24) is 19.4 Å². The van der Waals surface area contributed by atoms with E-state index in [1.807, 2.05) is 32.3 Å². The summed E-state index contributed by atoms with van der Waals surface area (Å²) in [7, 11) is 3.69. The number of aryl methyl sites for hydroxylation is 2. The van der Waals surface area contributed by atoms with Crippen LogP contribution in [0, 0.1) is 0 Å². The number of hydrogen-bond acceptors (Lipinski definition) is 4. The Kier molecular flexibility index (Phi) is 5.04. The molecule has 1 aromatic carbocycles. The van der Waals surface area contributed by atoms with Crippen LogP contribution in [0.5, 0.6) is 0 Å². The molecule has 6 nitrogen and oxygen atoms in total. The quantitative estimate of drug-likeness (QED) is 0.625. The predicted molar refractivity (Wildman–Crippen MR) is 88.2 cm³/mol. The SMILES string of the molecule is CCc1cccc(CC)c1-n1cnc(N=CN(C)C)nc1=O. The number of rotatable bonds is 5. The van der Waals surface area contributed by atoms with Gasteiger partial charge in [0.05, 0.1) is 12.0 Å². The Labute approximate surface area is 130 Å². The van der Waals surface area contributed by atoms with Crippen molar-refractivity contribution in [2.45, 2.75) is 26.7 Å². The number of hydrogen-bond donors (Lipinski definition) is 0. The molecule has 1 heterocycles. The second kappa shape index (κ2) is 6.98. The molecule has 0 unspecified atom stereocenters. The lowest BCUT2D eigenvalue weighted by molar-refractivity contribution is 0.642. The summed E-state index contributed by atoms with van der Waals surface area (Å²) in [5.74, 6) is 0.168. The summed E-state index contributed by atoms with van der Waals surface area (Å²) in [6, 6.07) is 6.07. The van der Waals surface area contributed by atoms with Gasteiger partial charge in [0.15, 0.2) is 0 Å². The first-order chi connectivity index (χ1) is 10.6. The summed E-state index contributed by atoms with van der Waals surface area (Å²) in [6.45, 7) is 4.14. The van der Waals surface area contributed by atoms with Gasteiger partial charge in [0, 0.05) is 14.1 Å². The molecule has 0 bridgehead atoms. The largest absolute Gasteiger partial charge is 0.369 e. The highest BCUT2D eigenvalue weighted by molar-refractivity contribution is 5.57. The van der Waals surface area contributed by atoms with Crippen molar-refractivity contribution in [1.29, 1.82) is 0 Å². The fraction of sp³-hybridized carbons (Fsp3) is 0.375. The maximum atomic E-state index is 12.3. The van der Waals surface area contributed by atoms with Gasteiger partial charge >= 0.3 is 5.69 Å². The summed E-state index contributed by atoms with van der Waals surface area (Å²) < 4.78 is 1.51. The molecule has 0 spiro atoms. The van der Waals surface area contributed by atoms with Crippen LogP contribution in [0.4, 0.5) is 5.95 Å². The fourth-order valence-corrected chi connectivity index (χ4v) is 2.23. The molecule has 0 saturated heterocycles. The molecule has 1 aromatic heterocycles. The Morgan fingerprint density at radius 3 is 2.36 bits per heavy atom. The molecule has 0 atom stereocenters. The third kappa shape index (κ3) is 3.39. The van der Waals surface area contributed by atoms with Crippen molar-refractivity contribution in [2.75, 3.05) is 14.1 Å². The van der Waals surface area contributed by atoms with Crippen molar-refractivity contribution in [3.05, 3.63) is 46.1 Å². The maximum absolute atomic E-state index is 12.3. The number of para-hydroxylation sites is 1. The van der Waals surface area contributed by atoms with E-state index in [9.17, 15) is 4.79 Å². The van der Waals surface area contributed by atoms with Crippen LogP contribution >= 0.6 is 0 Å². The van der Waals surface area contributed by atoms with Crippen molar-refractivity contribution in [3.8, 4) is 5.69 Å². The van der Waals surface area contributed by atoms with Gasteiger partial charge in [-0.1, -0.05) is 32.0 Å². The maximum Gasteiger partial charge on any atom is 0.356 e. The molecule has 0 amide bonds. The first kappa shape index (κ1) is 15.9. The van der Waals surface area contributed by atoms with Crippen LogP contribution in [0.1, 0.15) is 25.0 Å². The first-order valence-electron chi connectivity index (χ1n) is 7.34. The second-order valence-corrected chi connectivity index (χ2v) is 5.15. The van der Waals surface area contributed by atoms with Gasteiger partial charge in [0.2, 0.25) is 0 Å². The normalized spacial score (nSPS) is 11.1. The van der Waals surface area contributed by atoms with E-state index in [4.69, 9.17) is 0 Å². The zero-order valence-corrected chi connectivity index (χ0v) is 13.4. The van der Waals surface area contributed by atoms with Gasteiger partial charge in [-0.15, -0.1) is 0 Å². The fourth-order valence-electron chi connectivity index (χ4n) is 2.23. The van der Waals surface area contributed by atoms with Gasteiger partial charge in [-0.3, -0.25) is 4.57 Å². The third-order valence-electron chi connectivity index (χ3n) is 3.30. The lowest BCUT2D eigenvalue weighted by Gasteiger charge is -2.14. The minimum atomic E-state index is -0.364. The summed E-state index contributed by atoms with van der Waals surface area (Å²) in [4.78, 5) is 26.3. The van der Waals surface area contributed by atoms with E-state index in [0.717, 1.165) is 29.7 Å². The number of benzene rings is 1. The Balaban J connectivity index is 2.53. The zero-order chi connectivity index (χ0) is 16.1. The molecule has 116 valence electrons. The van der Waals surface area contributed by atoms with Crippen molar-refractivity contribution in [3.63, 3.8) is 0 Å². The van der Waals surface area contributed by atoms with E-state index in [0.29, 0.717) is 0 Å². The molecular weight excluding hydrogens is 278 g/mol. The van der Waals surface area contributed by atoms with Gasteiger partial charge in [-0.2, -0.15) is 4.98 Å². The molecule has 0 aliphatic carbocycles. The molecule has 0 saturated carbocycles.